The molecule has 0 atom stereocenters. The number of aromatic nitrogens is 1. The van der Waals surface area contributed by atoms with Crippen molar-refractivity contribution in [3.8, 4) is 0 Å². The summed E-state index contributed by atoms with van der Waals surface area (Å²) in [6, 6.07) is 1.86. The van der Waals surface area contributed by atoms with Gasteiger partial charge in [0.15, 0.2) is 0 Å². The van der Waals surface area contributed by atoms with E-state index >= 15 is 0 Å². The quantitative estimate of drug-likeness (QED) is 0.689. The van der Waals surface area contributed by atoms with Gasteiger partial charge < -0.3 is 4.90 Å². The van der Waals surface area contributed by atoms with E-state index in [2.05, 4.69) is 4.98 Å². The van der Waals surface area contributed by atoms with Gasteiger partial charge in [-0.15, -0.1) is 11.6 Å². The first-order valence-electron chi connectivity index (χ1n) is 3.53. The van der Waals surface area contributed by atoms with Crippen molar-refractivity contribution in [2.45, 2.75) is 5.88 Å². The van der Waals surface area contributed by atoms with Gasteiger partial charge in [0.05, 0.1) is 22.3 Å². The minimum absolute atomic E-state index is 0.348. The third-order valence-corrected chi connectivity index (χ3v) is 2.21. The minimum atomic E-state index is 0.348. The van der Waals surface area contributed by atoms with Gasteiger partial charge >= 0.3 is 0 Å². The lowest BCUT2D eigenvalue weighted by atomic mass is 10.3. The van der Waals surface area contributed by atoms with E-state index in [-0.39, 0.29) is 0 Å². The lowest BCUT2D eigenvalue weighted by Gasteiger charge is -2.14. The average molecular weight is 205 g/mol. The topological polar surface area (TPSA) is 16.1 Å². The first kappa shape index (κ1) is 9.62. The number of pyridine rings is 1. The van der Waals surface area contributed by atoms with Crippen molar-refractivity contribution in [1.82, 2.24) is 4.98 Å². The van der Waals surface area contributed by atoms with Crippen molar-refractivity contribution in [3.63, 3.8) is 0 Å². The summed E-state index contributed by atoms with van der Waals surface area (Å²) >= 11 is 11.7. The molecule has 0 spiro atoms. The fourth-order valence-electron chi connectivity index (χ4n) is 0.914. The molecule has 2 nitrogen and oxygen atoms in total. The Hall–Kier alpha value is -0.470. The van der Waals surface area contributed by atoms with E-state index < -0.39 is 0 Å². The molecule has 1 aromatic rings. The van der Waals surface area contributed by atoms with Gasteiger partial charge in [0.2, 0.25) is 0 Å². The number of rotatable bonds is 2. The smallest absolute Gasteiger partial charge is 0.0867 e. The monoisotopic (exact) mass is 204 g/mol. The molecule has 0 aromatic carbocycles. The fourth-order valence-corrected chi connectivity index (χ4v) is 1.53. The molecule has 4 heteroatoms. The lowest BCUT2D eigenvalue weighted by molar-refractivity contribution is 1.09. The van der Waals surface area contributed by atoms with Crippen LogP contribution in [0.4, 0.5) is 5.69 Å². The van der Waals surface area contributed by atoms with Crippen molar-refractivity contribution in [1.29, 1.82) is 0 Å². The van der Waals surface area contributed by atoms with Gasteiger partial charge in [0.25, 0.3) is 0 Å². The SMILES string of the molecule is CN(C)c1ccnc(CCl)c1Cl. The van der Waals surface area contributed by atoms with Crippen molar-refractivity contribution < 1.29 is 0 Å². The molecule has 0 fully saturated rings. The Morgan fingerprint density at radius 3 is 2.67 bits per heavy atom. The highest BCUT2D eigenvalue weighted by atomic mass is 35.5. The second kappa shape index (κ2) is 3.97. The predicted octanol–water partition coefficient (Wildman–Crippen LogP) is 2.54. The summed E-state index contributed by atoms with van der Waals surface area (Å²) in [4.78, 5) is 5.98. The summed E-state index contributed by atoms with van der Waals surface area (Å²) in [5, 5.41) is 0.637. The first-order valence-corrected chi connectivity index (χ1v) is 4.44. The van der Waals surface area contributed by atoms with E-state index in [1.807, 2.05) is 25.1 Å². The Kier molecular flexibility index (Phi) is 3.18. The fraction of sp³-hybridized carbons (Fsp3) is 0.375. The number of anilines is 1. The molecule has 1 heterocycles. The van der Waals surface area contributed by atoms with Crippen molar-refractivity contribution >= 4 is 28.9 Å². The number of hydrogen-bond acceptors (Lipinski definition) is 2. The largest absolute Gasteiger partial charge is 0.376 e. The summed E-state index contributed by atoms with van der Waals surface area (Å²) in [6.45, 7) is 0. The minimum Gasteiger partial charge on any atom is -0.376 e. The second-order valence-corrected chi connectivity index (χ2v) is 3.26. The van der Waals surface area contributed by atoms with E-state index in [1.54, 1.807) is 6.20 Å². The van der Waals surface area contributed by atoms with Crippen LogP contribution in [-0.2, 0) is 5.88 Å². The molecule has 0 N–H and O–H groups in total. The molecule has 0 aliphatic carbocycles. The Labute approximate surface area is 82.1 Å². The molecular weight excluding hydrogens is 195 g/mol. The van der Waals surface area contributed by atoms with Crippen LogP contribution in [0.2, 0.25) is 5.02 Å². The predicted molar refractivity (Wildman–Crippen MR) is 53.1 cm³/mol. The summed E-state index contributed by atoms with van der Waals surface area (Å²) < 4.78 is 0. The van der Waals surface area contributed by atoms with E-state index in [0.717, 1.165) is 11.4 Å². The molecule has 0 amide bonds. The maximum atomic E-state index is 6.02. The zero-order valence-electron chi connectivity index (χ0n) is 7.01. The van der Waals surface area contributed by atoms with Crippen LogP contribution in [-0.4, -0.2) is 19.1 Å². The van der Waals surface area contributed by atoms with Crippen molar-refractivity contribution in [2.24, 2.45) is 0 Å². The van der Waals surface area contributed by atoms with Crippen LogP contribution < -0.4 is 4.90 Å². The summed E-state index contributed by atoms with van der Waals surface area (Å²) in [5.41, 5.74) is 1.67. The van der Waals surface area contributed by atoms with Crippen LogP contribution in [0, 0.1) is 0 Å². The van der Waals surface area contributed by atoms with Crippen molar-refractivity contribution in [3.05, 3.63) is 23.0 Å². The number of hydrogen-bond donors (Lipinski definition) is 0. The van der Waals surface area contributed by atoms with E-state index in [1.165, 1.54) is 0 Å². The molecule has 0 radical (unpaired) electrons. The van der Waals surface area contributed by atoms with Gasteiger partial charge in [0, 0.05) is 20.3 Å². The van der Waals surface area contributed by atoms with E-state index in [0.29, 0.717) is 10.9 Å². The highest BCUT2D eigenvalue weighted by Crippen LogP contribution is 2.26. The molecule has 0 unspecified atom stereocenters. The summed E-state index contributed by atoms with van der Waals surface area (Å²) in [6.07, 6.45) is 1.71. The van der Waals surface area contributed by atoms with Crippen LogP contribution >= 0.6 is 23.2 Å². The Morgan fingerprint density at radius 1 is 1.50 bits per heavy atom. The highest BCUT2D eigenvalue weighted by Gasteiger charge is 2.07. The van der Waals surface area contributed by atoms with Crippen LogP contribution in [0.15, 0.2) is 12.3 Å². The third kappa shape index (κ3) is 1.82. The molecule has 0 aliphatic heterocycles. The average Bonchev–Trinajstić information content (AvgIpc) is 2.04. The van der Waals surface area contributed by atoms with Gasteiger partial charge in [-0.3, -0.25) is 4.98 Å². The van der Waals surface area contributed by atoms with E-state index in [9.17, 15) is 0 Å². The molecule has 0 saturated carbocycles. The van der Waals surface area contributed by atoms with Crippen LogP contribution in [0.25, 0.3) is 0 Å². The molecule has 0 saturated heterocycles. The molecule has 1 rings (SSSR count). The summed E-state index contributed by atoms with van der Waals surface area (Å²) in [5.74, 6) is 0.348. The highest BCUT2D eigenvalue weighted by molar-refractivity contribution is 6.34. The first-order chi connectivity index (χ1) is 5.66. The normalized spacial score (nSPS) is 10.0. The van der Waals surface area contributed by atoms with Gasteiger partial charge in [0.1, 0.15) is 0 Å². The molecule has 1 aromatic heterocycles. The van der Waals surface area contributed by atoms with Gasteiger partial charge in [-0.25, -0.2) is 0 Å². The van der Waals surface area contributed by atoms with Crippen molar-refractivity contribution in [2.75, 3.05) is 19.0 Å². The Bertz CT molecular complexity index is 274. The molecular formula is C8H10Cl2N2. The Morgan fingerprint density at radius 2 is 2.17 bits per heavy atom. The maximum absolute atomic E-state index is 6.02. The standard InChI is InChI=1S/C8H10Cl2N2/c1-12(2)7-3-4-11-6(5-9)8(7)10/h3-4H,5H2,1-2H3. The zero-order valence-corrected chi connectivity index (χ0v) is 8.52. The number of nitrogens with zero attached hydrogens (tertiary/aromatic N) is 2. The molecule has 66 valence electrons. The van der Waals surface area contributed by atoms with E-state index in [4.69, 9.17) is 23.2 Å². The van der Waals surface area contributed by atoms with Crippen LogP contribution in [0.1, 0.15) is 5.69 Å². The molecule has 0 bridgehead atoms. The number of alkyl halides is 1. The van der Waals surface area contributed by atoms with Crippen LogP contribution in [0.5, 0.6) is 0 Å². The molecule has 12 heavy (non-hydrogen) atoms. The second-order valence-electron chi connectivity index (χ2n) is 2.62. The summed E-state index contributed by atoms with van der Waals surface area (Å²) in [7, 11) is 3.86. The zero-order chi connectivity index (χ0) is 9.14. The van der Waals surface area contributed by atoms with Gasteiger partial charge in [-0.2, -0.15) is 0 Å². The third-order valence-electron chi connectivity index (χ3n) is 1.55. The van der Waals surface area contributed by atoms with Crippen LogP contribution in [0.3, 0.4) is 0 Å². The lowest BCUT2D eigenvalue weighted by Crippen LogP contribution is -2.10. The maximum Gasteiger partial charge on any atom is 0.0867 e. The Balaban J connectivity index is 3.14. The molecule has 0 aliphatic rings. The van der Waals surface area contributed by atoms with Gasteiger partial charge in [-0.05, 0) is 6.07 Å². The number of halogens is 2. The van der Waals surface area contributed by atoms with Gasteiger partial charge in [-0.1, -0.05) is 11.6 Å².